The van der Waals surface area contributed by atoms with Gasteiger partial charge in [-0.25, -0.2) is 8.42 Å². The van der Waals surface area contributed by atoms with E-state index in [0.717, 1.165) is 57.7 Å². The van der Waals surface area contributed by atoms with Gasteiger partial charge in [0.05, 0.1) is 9.64 Å². The normalized spacial score (nSPS) is 23.8. The third kappa shape index (κ3) is 3.88. The Bertz CT molecular complexity index is 759. The highest BCUT2D eigenvalue weighted by molar-refractivity contribution is 7.93. The summed E-state index contributed by atoms with van der Waals surface area (Å²) >= 11 is 0. The van der Waals surface area contributed by atoms with Crippen molar-refractivity contribution >= 4 is 9.84 Å². The van der Waals surface area contributed by atoms with Gasteiger partial charge in [0.25, 0.3) is 0 Å². The second-order valence-corrected chi connectivity index (χ2v) is 11.1. The highest BCUT2D eigenvalue weighted by Crippen LogP contribution is 2.46. The maximum absolute atomic E-state index is 13.2. The first kappa shape index (κ1) is 19.2. The standard InChI is InChI=1S/C23H33NO2S/c25-27(26,22-12-2-1-3-13-22)23(14-7-15-23)16-8-18-24-17-6-11-21(19-24)20-9-4-5-10-20/h1-3,11-13,20H,4-10,14-19H2. The van der Waals surface area contributed by atoms with Gasteiger partial charge in [-0.05, 0) is 69.5 Å². The second-order valence-electron chi connectivity index (χ2n) is 8.78. The van der Waals surface area contributed by atoms with E-state index >= 15 is 0 Å². The molecule has 3 aliphatic rings. The van der Waals surface area contributed by atoms with Crippen molar-refractivity contribution in [3.05, 3.63) is 42.0 Å². The van der Waals surface area contributed by atoms with Gasteiger partial charge in [0.2, 0.25) is 0 Å². The molecule has 27 heavy (non-hydrogen) atoms. The Hall–Kier alpha value is -1.13. The zero-order valence-corrected chi connectivity index (χ0v) is 17.2. The Morgan fingerprint density at radius 3 is 2.44 bits per heavy atom. The molecular formula is C23H33NO2S. The number of hydrogen-bond donors (Lipinski definition) is 0. The van der Waals surface area contributed by atoms with Crippen molar-refractivity contribution in [1.82, 2.24) is 4.90 Å². The Morgan fingerprint density at radius 1 is 1.04 bits per heavy atom. The molecule has 1 aliphatic heterocycles. The molecule has 0 N–H and O–H groups in total. The summed E-state index contributed by atoms with van der Waals surface area (Å²) in [5.74, 6) is 0.823. The molecule has 1 heterocycles. The lowest BCUT2D eigenvalue weighted by Gasteiger charge is -2.41. The van der Waals surface area contributed by atoms with E-state index in [0.29, 0.717) is 4.90 Å². The minimum absolute atomic E-state index is 0.506. The Balaban J connectivity index is 1.34. The van der Waals surface area contributed by atoms with Crippen LogP contribution in [0.1, 0.15) is 64.2 Å². The van der Waals surface area contributed by atoms with Gasteiger partial charge in [-0.1, -0.05) is 49.1 Å². The van der Waals surface area contributed by atoms with Crippen molar-refractivity contribution in [3.8, 4) is 0 Å². The topological polar surface area (TPSA) is 37.4 Å². The van der Waals surface area contributed by atoms with Crippen molar-refractivity contribution in [1.29, 1.82) is 0 Å². The first-order chi connectivity index (χ1) is 13.1. The maximum atomic E-state index is 13.2. The third-order valence-electron chi connectivity index (χ3n) is 7.13. The van der Waals surface area contributed by atoms with Gasteiger partial charge in [-0.3, -0.25) is 4.90 Å². The number of nitrogens with zero attached hydrogens (tertiary/aromatic N) is 1. The smallest absolute Gasteiger partial charge is 0.184 e. The number of sulfone groups is 1. The molecule has 4 rings (SSSR count). The quantitative estimate of drug-likeness (QED) is 0.619. The molecule has 0 bridgehead atoms. The Labute approximate surface area is 164 Å². The lowest BCUT2D eigenvalue weighted by molar-refractivity contribution is 0.248. The van der Waals surface area contributed by atoms with Crippen molar-refractivity contribution in [2.24, 2.45) is 5.92 Å². The average molecular weight is 388 g/mol. The lowest BCUT2D eigenvalue weighted by atomic mass is 9.81. The minimum Gasteiger partial charge on any atom is -0.299 e. The fraction of sp³-hybridized carbons (Fsp3) is 0.652. The molecular weight excluding hydrogens is 354 g/mol. The molecule has 2 aliphatic carbocycles. The summed E-state index contributed by atoms with van der Waals surface area (Å²) in [4.78, 5) is 3.07. The van der Waals surface area contributed by atoms with Crippen LogP contribution >= 0.6 is 0 Å². The number of benzene rings is 1. The van der Waals surface area contributed by atoms with Crippen molar-refractivity contribution in [3.63, 3.8) is 0 Å². The Morgan fingerprint density at radius 2 is 1.78 bits per heavy atom. The zero-order valence-electron chi connectivity index (χ0n) is 16.4. The van der Waals surface area contributed by atoms with Crippen molar-refractivity contribution in [2.75, 3.05) is 19.6 Å². The van der Waals surface area contributed by atoms with Crippen LogP contribution in [0.2, 0.25) is 0 Å². The third-order valence-corrected chi connectivity index (χ3v) is 9.78. The van der Waals surface area contributed by atoms with E-state index in [1.54, 1.807) is 17.7 Å². The van der Waals surface area contributed by atoms with Crippen LogP contribution < -0.4 is 0 Å². The number of rotatable bonds is 7. The first-order valence-corrected chi connectivity index (χ1v) is 12.3. The largest absolute Gasteiger partial charge is 0.299 e. The van der Waals surface area contributed by atoms with E-state index in [1.165, 1.54) is 32.1 Å². The second kappa shape index (κ2) is 8.08. The molecule has 0 atom stereocenters. The molecule has 2 fully saturated rings. The predicted molar refractivity (Wildman–Crippen MR) is 111 cm³/mol. The molecule has 1 aromatic carbocycles. The SMILES string of the molecule is O=S(=O)(c1ccccc1)C1(CCCN2CCC=C(C3CCCC3)C2)CCC1. The van der Waals surface area contributed by atoms with Crippen LogP contribution in [0.3, 0.4) is 0 Å². The van der Waals surface area contributed by atoms with Crippen molar-refractivity contribution < 1.29 is 8.42 Å². The van der Waals surface area contributed by atoms with Gasteiger partial charge in [0, 0.05) is 13.1 Å². The molecule has 0 unspecified atom stereocenters. The molecule has 2 saturated carbocycles. The summed E-state index contributed by atoms with van der Waals surface area (Å²) < 4.78 is 25.9. The van der Waals surface area contributed by atoms with Crippen LogP contribution in [-0.2, 0) is 9.84 Å². The zero-order chi connectivity index (χ0) is 18.7. The summed E-state index contributed by atoms with van der Waals surface area (Å²) in [6.07, 6.45) is 13.7. The number of hydrogen-bond acceptors (Lipinski definition) is 3. The summed E-state index contributed by atoms with van der Waals surface area (Å²) in [6.45, 7) is 3.29. The summed E-state index contributed by atoms with van der Waals surface area (Å²) in [7, 11) is -3.22. The fourth-order valence-corrected chi connectivity index (χ4v) is 7.57. The van der Waals surface area contributed by atoms with Gasteiger partial charge < -0.3 is 0 Å². The Kier molecular flexibility index (Phi) is 5.75. The van der Waals surface area contributed by atoms with E-state index in [9.17, 15) is 8.42 Å². The van der Waals surface area contributed by atoms with Crippen LogP contribution in [0.4, 0.5) is 0 Å². The molecule has 0 radical (unpaired) electrons. The monoisotopic (exact) mass is 387 g/mol. The molecule has 3 nitrogen and oxygen atoms in total. The minimum atomic E-state index is -3.22. The van der Waals surface area contributed by atoms with Gasteiger partial charge >= 0.3 is 0 Å². The predicted octanol–water partition coefficient (Wildman–Crippen LogP) is 4.99. The van der Waals surface area contributed by atoms with Gasteiger partial charge in [-0.2, -0.15) is 0 Å². The van der Waals surface area contributed by atoms with Gasteiger partial charge in [-0.15, -0.1) is 0 Å². The van der Waals surface area contributed by atoms with Gasteiger partial charge in [0.15, 0.2) is 9.84 Å². The molecule has 0 saturated heterocycles. The highest BCUT2D eigenvalue weighted by Gasteiger charge is 2.48. The first-order valence-electron chi connectivity index (χ1n) is 10.8. The van der Waals surface area contributed by atoms with Crippen LogP contribution in [0.15, 0.2) is 46.9 Å². The molecule has 0 spiro atoms. The average Bonchev–Trinajstić information content (AvgIpc) is 3.19. The van der Waals surface area contributed by atoms with E-state index < -0.39 is 14.6 Å². The lowest BCUT2D eigenvalue weighted by Crippen LogP contribution is -2.45. The van der Waals surface area contributed by atoms with Crippen LogP contribution in [0, 0.1) is 5.92 Å². The molecule has 4 heteroatoms. The molecule has 0 aromatic heterocycles. The van der Waals surface area contributed by atoms with E-state index in [4.69, 9.17) is 0 Å². The summed E-state index contributed by atoms with van der Waals surface area (Å²) in [5, 5.41) is 0. The van der Waals surface area contributed by atoms with E-state index in [1.807, 2.05) is 18.2 Å². The summed E-state index contributed by atoms with van der Waals surface area (Å²) in [5.41, 5.74) is 1.66. The van der Waals surface area contributed by atoms with Crippen LogP contribution in [-0.4, -0.2) is 37.7 Å². The molecule has 0 amide bonds. The van der Waals surface area contributed by atoms with Crippen LogP contribution in [0.25, 0.3) is 0 Å². The van der Waals surface area contributed by atoms with Gasteiger partial charge in [0.1, 0.15) is 0 Å². The van der Waals surface area contributed by atoms with Crippen molar-refractivity contribution in [2.45, 2.75) is 73.9 Å². The fourth-order valence-electron chi connectivity index (χ4n) is 5.32. The molecule has 1 aromatic rings. The van der Waals surface area contributed by atoms with E-state index in [-0.39, 0.29) is 0 Å². The van der Waals surface area contributed by atoms with E-state index in [2.05, 4.69) is 11.0 Å². The molecule has 148 valence electrons. The van der Waals surface area contributed by atoms with Crippen LogP contribution in [0.5, 0.6) is 0 Å². The maximum Gasteiger partial charge on any atom is 0.184 e. The highest BCUT2D eigenvalue weighted by atomic mass is 32.2. The summed E-state index contributed by atoms with van der Waals surface area (Å²) in [6, 6.07) is 9.09.